The largest absolute Gasteiger partial charge is 3.00 e. The van der Waals surface area contributed by atoms with Crippen molar-refractivity contribution in [2.75, 3.05) is 18.1 Å². The van der Waals surface area contributed by atoms with E-state index in [1.165, 1.54) is 4.13 Å². The van der Waals surface area contributed by atoms with Crippen molar-refractivity contribution in [3.05, 3.63) is 23.2 Å². The summed E-state index contributed by atoms with van der Waals surface area (Å²) < 4.78 is 58.2. The van der Waals surface area contributed by atoms with Crippen LogP contribution in [0.15, 0.2) is 18.2 Å². The van der Waals surface area contributed by atoms with Gasteiger partial charge in [0, 0.05) is 11.1 Å². The van der Waals surface area contributed by atoms with Gasteiger partial charge in [0.25, 0.3) is 20.4 Å². The predicted octanol–water partition coefficient (Wildman–Crippen LogP) is 1.02. The van der Waals surface area contributed by atoms with Crippen LogP contribution in [0.1, 0.15) is 0 Å². The van der Waals surface area contributed by atoms with Crippen molar-refractivity contribution in [3.8, 4) is 11.5 Å². The van der Waals surface area contributed by atoms with E-state index < -0.39 is 26.5 Å². The number of hydrogen-bond donors (Lipinski definition) is 3. The van der Waals surface area contributed by atoms with E-state index in [4.69, 9.17) is 21.1 Å². The molecule has 0 saturated heterocycles. The minimum absolute atomic E-state index is 0. The highest BCUT2D eigenvalue weighted by atomic mass is 127. The summed E-state index contributed by atoms with van der Waals surface area (Å²) in [5.41, 5.74) is 0. The zero-order chi connectivity index (χ0) is 17.7. The van der Waals surface area contributed by atoms with Gasteiger partial charge in [0.15, 0.2) is 11.5 Å². The molecule has 1 atom stereocenters. The molecule has 0 fully saturated rings. The second kappa shape index (κ2) is 10.3. The number of alkyl halides is 1. The highest BCUT2D eigenvalue weighted by Gasteiger charge is 2.24. The molecule has 1 heterocycles. The molecule has 0 bridgehead atoms. The smallest absolute Gasteiger partial charge is 0.291 e. The molecule has 0 radical (unpaired) electrons. The zero-order valence-corrected chi connectivity index (χ0v) is 17.7. The van der Waals surface area contributed by atoms with Crippen LogP contribution in [0.3, 0.4) is 0 Å². The maximum Gasteiger partial charge on any atom is 0.291 e. The van der Waals surface area contributed by atoms with Crippen molar-refractivity contribution in [2.24, 2.45) is 5.14 Å². The van der Waals surface area contributed by atoms with Crippen molar-refractivity contribution in [1.29, 1.82) is 0 Å². The molecule has 0 spiro atoms. The number of nitrogens with two attached hydrogens (primary N) is 1. The van der Waals surface area contributed by atoms with Crippen molar-refractivity contribution in [1.82, 2.24) is 8.85 Å². The number of fused-ring (bicyclic) bond motifs is 1. The van der Waals surface area contributed by atoms with Gasteiger partial charge in [0.1, 0.15) is 12.7 Å². The molecule has 140 valence electrons. The first-order chi connectivity index (χ1) is 10.6. The Kier molecular flexibility index (Phi) is 10.3. The number of nitrogens with one attached hydrogen (secondary N) is 2. The standard InChI is InChI=1S/C9H12ClN3O6S2.CH3I.P/c10-6-1-2-8-9(3-6)18-5-7(19-8)4-12-21(16,17)13-20(11,14)15;1-2;/h1-3,7,12-13H,4-5H2,(H2,11,14,15);1H3;/q;;-3/t7-;;/m0../s1. The average Bonchev–Trinajstić information content (AvgIpc) is 2.45. The van der Waals surface area contributed by atoms with Crippen LogP contribution in [-0.4, -0.2) is 41.0 Å². The fourth-order valence-electron chi connectivity index (χ4n) is 1.57. The minimum atomic E-state index is -4.38. The molecule has 4 N–H and O–H groups in total. The first-order valence-corrected chi connectivity index (χ1v) is 11.5. The number of hydrogen-bond acceptors (Lipinski definition) is 6. The van der Waals surface area contributed by atoms with Crippen molar-refractivity contribution in [2.45, 2.75) is 6.10 Å². The Labute approximate surface area is 163 Å². The van der Waals surface area contributed by atoms with Crippen LogP contribution in [0, 0.1) is 0 Å². The van der Waals surface area contributed by atoms with E-state index in [1.807, 2.05) is 9.65 Å². The van der Waals surface area contributed by atoms with E-state index in [9.17, 15) is 16.8 Å². The van der Waals surface area contributed by atoms with Gasteiger partial charge in [-0.05, 0) is 17.1 Å². The quantitative estimate of drug-likeness (QED) is 0.295. The lowest BCUT2D eigenvalue weighted by Crippen LogP contribution is -2.47. The van der Waals surface area contributed by atoms with Crippen LogP contribution >= 0.6 is 44.1 Å². The van der Waals surface area contributed by atoms with Crippen LogP contribution in [0.5, 0.6) is 11.5 Å². The first kappa shape index (κ1) is 24.1. The van der Waals surface area contributed by atoms with E-state index in [0.29, 0.717) is 16.5 Å². The van der Waals surface area contributed by atoms with Crippen LogP contribution < -0.4 is 23.5 Å². The molecule has 24 heavy (non-hydrogen) atoms. The van der Waals surface area contributed by atoms with Gasteiger partial charge in [0.2, 0.25) is 0 Å². The average molecular weight is 531 g/mol. The third-order valence-electron chi connectivity index (χ3n) is 2.35. The van der Waals surface area contributed by atoms with E-state index in [-0.39, 0.29) is 23.1 Å². The summed E-state index contributed by atoms with van der Waals surface area (Å²) in [7, 11) is -8.67. The molecule has 0 aromatic heterocycles. The Morgan fingerprint density at radius 1 is 1.29 bits per heavy atom. The molecule has 1 aromatic carbocycles. The van der Waals surface area contributed by atoms with Crippen LogP contribution in [0.2, 0.25) is 5.02 Å². The summed E-state index contributed by atoms with van der Waals surface area (Å²) >= 11 is 7.94. The van der Waals surface area contributed by atoms with E-state index >= 15 is 0 Å². The van der Waals surface area contributed by atoms with Gasteiger partial charge in [-0.2, -0.15) is 21.6 Å². The number of benzene rings is 1. The highest BCUT2D eigenvalue weighted by Crippen LogP contribution is 2.33. The molecule has 1 aromatic rings. The summed E-state index contributed by atoms with van der Waals surface area (Å²) in [6, 6.07) is 4.75. The zero-order valence-electron chi connectivity index (χ0n) is 12.3. The van der Waals surface area contributed by atoms with Gasteiger partial charge in [-0.1, -0.05) is 38.3 Å². The van der Waals surface area contributed by atoms with Crippen LogP contribution in [0.4, 0.5) is 0 Å². The highest BCUT2D eigenvalue weighted by molar-refractivity contribution is 14.1. The predicted molar refractivity (Wildman–Crippen MR) is 101 cm³/mol. The number of rotatable bonds is 5. The summed E-state index contributed by atoms with van der Waals surface area (Å²) in [6.45, 7) is -0.127. The molecule has 0 amide bonds. The molecule has 2 rings (SSSR count). The van der Waals surface area contributed by atoms with Gasteiger partial charge in [-0.15, -0.1) is 0 Å². The van der Waals surface area contributed by atoms with Crippen molar-refractivity contribution in [3.63, 3.8) is 0 Å². The lowest BCUT2D eigenvalue weighted by atomic mass is 10.2. The van der Waals surface area contributed by atoms with Crippen LogP contribution in [0.25, 0.3) is 0 Å². The van der Waals surface area contributed by atoms with Crippen molar-refractivity contribution >= 4 is 64.5 Å². The molecule has 0 saturated carbocycles. The maximum atomic E-state index is 11.4. The molecular weight excluding hydrogens is 516 g/mol. The van der Waals surface area contributed by atoms with Crippen LogP contribution in [-0.2, 0) is 20.4 Å². The van der Waals surface area contributed by atoms with E-state index in [0.717, 1.165) is 0 Å². The molecule has 1 aliphatic rings. The lowest BCUT2D eigenvalue weighted by molar-refractivity contribution is 0.0943. The minimum Gasteiger partial charge on any atom is -3.00 e. The van der Waals surface area contributed by atoms with Gasteiger partial charge in [-0.25, -0.2) is 5.14 Å². The Balaban J connectivity index is 0.00000170. The Bertz CT molecular complexity index is 749. The molecule has 14 heteroatoms. The Morgan fingerprint density at radius 2 is 1.92 bits per heavy atom. The summed E-state index contributed by atoms with van der Waals surface area (Å²) in [6.07, 6.45) is -0.629. The Morgan fingerprint density at radius 3 is 2.50 bits per heavy atom. The van der Waals surface area contributed by atoms with Gasteiger partial charge < -0.3 is 19.4 Å². The molecular formula is C10H15ClIN3O6PS2-3. The van der Waals surface area contributed by atoms with Gasteiger partial charge >= 0.3 is 0 Å². The first-order valence-electron chi connectivity index (χ1n) is 5.92. The maximum absolute atomic E-state index is 11.4. The molecule has 0 aliphatic carbocycles. The third-order valence-corrected chi connectivity index (χ3v) is 4.94. The topological polar surface area (TPSA) is 137 Å². The monoisotopic (exact) mass is 530 g/mol. The normalized spacial score (nSPS) is 16.4. The summed E-state index contributed by atoms with van der Waals surface area (Å²) in [4.78, 5) is 1.97. The summed E-state index contributed by atoms with van der Waals surface area (Å²) in [5, 5.41) is 5.06. The fourth-order valence-corrected chi connectivity index (χ4v) is 3.60. The number of halogens is 2. The third kappa shape index (κ3) is 8.43. The van der Waals surface area contributed by atoms with Gasteiger partial charge in [0.05, 0.1) is 6.54 Å². The molecule has 9 nitrogen and oxygen atoms in total. The summed E-state index contributed by atoms with van der Waals surface area (Å²) in [5.74, 6) is 0.860. The SMILES string of the molecule is CI.NS(=O)(=O)NS(=O)(=O)NC[C@H]1COc2cc(Cl)ccc2O1.[P-3]. The molecule has 0 unspecified atom stereocenters. The van der Waals surface area contributed by atoms with Crippen molar-refractivity contribution < 1.29 is 26.3 Å². The fraction of sp³-hybridized carbons (Fsp3) is 0.400. The second-order valence-corrected chi connectivity index (χ2v) is 7.61. The second-order valence-electron chi connectivity index (χ2n) is 4.12. The lowest BCUT2D eigenvalue weighted by Gasteiger charge is -3.00. The van der Waals surface area contributed by atoms with E-state index in [2.05, 4.69) is 27.7 Å². The number of ether oxygens (including phenoxy) is 2. The molecule has 1 aliphatic heterocycles. The Hall–Kier alpha value is 0.0500. The van der Waals surface area contributed by atoms with Gasteiger partial charge in [-0.3, -0.25) is 0 Å². The van der Waals surface area contributed by atoms with E-state index in [1.54, 1.807) is 18.2 Å².